The minimum atomic E-state index is -0.461. The van der Waals surface area contributed by atoms with Gasteiger partial charge in [-0.1, -0.05) is 6.07 Å². The van der Waals surface area contributed by atoms with Crippen LogP contribution in [0.3, 0.4) is 0 Å². The van der Waals surface area contributed by atoms with E-state index in [0.29, 0.717) is 17.7 Å². The zero-order valence-electron chi connectivity index (χ0n) is 17.5. The average molecular weight is 412 g/mol. The van der Waals surface area contributed by atoms with Gasteiger partial charge in [-0.3, -0.25) is 19.8 Å². The molecule has 3 rings (SSSR count). The Bertz CT molecular complexity index is 877. The number of piperazine rings is 1. The average Bonchev–Trinajstić information content (AvgIpc) is 2.77. The van der Waals surface area contributed by atoms with Crippen LogP contribution < -0.4 is 15.0 Å². The molecule has 2 aromatic rings. The van der Waals surface area contributed by atoms with Crippen molar-refractivity contribution in [3.63, 3.8) is 0 Å². The second-order valence-corrected chi connectivity index (χ2v) is 7.34. The summed E-state index contributed by atoms with van der Waals surface area (Å²) in [6, 6.07) is 12.7. The minimum Gasteiger partial charge on any atom is -0.497 e. The van der Waals surface area contributed by atoms with Crippen molar-refractivity contribution in [2.45, 2.75) is 13.3 Å². The summed E-state index contributed by atoms with van der Waals surface area (Å²) in [6.07, 6.45) is 0.836. The first kappa shape index (κ1) is 21.6. The molecule has 1 saturated heterocycles. The Morgan fingerprint density at radius 1 is 1.13 bits per heavy atom. The van der Waals surface area contributed by atoms with Crippen molar-refractivity contribution in [3.05, 3.63) is 63.7 Å². The fraction of sp³-hybridized carbons (Fsp3) is 0.409. The zero-order chi connectivity index (χ0) is 21.5. The van der Waals surface area contributed by atoms with Crippen LogP contribution in [0.25, 0.3) is 0 Å². The van der Waals surface area contributed by atoms with Crippen molar-refractivity contribution < 1.29 is 14.5 Å². The standard InChI is InChI=1S/C22H28N4O4/c1-17-20(5-3-6-21(17)26(28)29)22(27)23-11-4-12-24-13-15-25(16-14-24)18-7-9-19(30-2)10-8-18/h3,5-10H,4,11-16H2,1-2H3,(H,23,27). The highest BCUT2D eigenvalue weighted by Gasteiger charge is 2.19. The van der Waals surface area contributed by atoms with Gasteiger partial charge in [0.15, 0.2) is 0 Å². The lowest BCUT2D eigenvalue weighted by Gasteiger charge is -2.36. The Hall–Kier alpha value is -3.13. The molecule has 1 amide bonds. The van der Waals surface area contributed by atoms with E-state index in [2.05, 4.69) is 27.2 Å². The maximum Gasteiger partial charge on any atom is 0.273 e. The summed E-state index contributed by atoms with van der Waals surface area (Å²) >= 11 is 0. The first-order chi connectivity index (χ1) is 14.5. The topological polar surface area (TPSA) is 88.0 Å². The first-order valence-electron chi connectivity index (χ1n) is 10.1. The van der Waals surface area contributed by atoms with E-state index in [1.807, 2.05) is 12.1 Å². The molecular weight excluding hydrogens is 384 g/mol. The summed E-state index contributed by atoms with van der Waals surface area (Å²) in [5.41, 5.74) is 1.93. The van der Waals surface area contributed by atoms with Crippen LogP contribution in [0.1, 0.15) is 22.3 Å². The Morgan fingerprint density at radius 3 is 2.47 bits per heavy atom. The van der Waals surface area contributed by atoms with Gasteiger partial charge in [0.25, 0.3) is 11.6 Å². The van der Waals surface area contributed by atoms with E-state index < -0.39 is 4.92 Å². The molecule has 0 atom stereocenters. The number of nitro groups is 1. The van der Waals surface area contributed by atoms with Crippen LogP contribution in [0.5, 0.6) is 5.75 Å². The molecule has 0 aromatic heterocycles. The number of benzene rings is 2. The summed E-state index contributed by atoms with van der Waals surface area (Å²) in [5.74, 6) is 0.597. The Balaban J connectivity index is 1.40. The van der Waals surface area contributed by atoms with Gasteiger partial charge in [0.2, 0.25) is 0 Å². The number of hydrogen-bond donors (Lipinski definition) is 1. The normalized spacial score (nSPS) is 14.4. The molecule has 30 heavy (non-hydrogen) atoms. The molecule has 1 N–H and O–H groups in total. The van der Waals surface area contributed by atoms with Crippen LogP contribution in [-0.4, -0.2) is 62.1 Å². The molecular formula is C22H28N4O4. The van der Waals surface area contributed by atoms with Crippen LogP contribution in [0, 0.1) is 17.0 Å². The van der Waals surface area contributed by atoms with Crippen molar-refractivity contribution in [2.75, 3.05) is 51.3 Å². The second-order valence-electron chi connectivity index (χ2n) is 7.34. The smallest absolute Gasteiger partial charge is 0.273 e. The van der Waals surface area contributed by atoms with E-state index in [0.717, 1.165) is 44.9 Å². The van der Waals surface area contributed by atoms with E-state index >= 15 is 0 Å². The maximum atomic E-state index is 12.4. The third-order valence-corrected chi connectivity index (χ3v) is 5.49. The molecule has 1 aliphatic rings. The van der Waals surface area contributed by atoms with Gasteiger partial charge in [0, 0.05) is 55.6 Å². The number of nitro benzene ring substituents is 1. The van der Waals surface area contributed by atoms with E-state index in [4.69, 9.17) is 4.74 Å². The van der Waals surface area contributed by atoms with Gasteiger partial charge in [-0.2, -0.15) is 0 Å². The van der Waals surface area contributed by atoms with Crippen molar-refractivity contribution in [1.82, 2.24) is 10.2 Å². The Labute approximate surface area is 176 Å². The summed E-state index contributed by atoms with van der Waals surface area (Å²) in [6.45, 7) is 6.94. The van der Waals surface area contributed by atoms with Crippen LogP contribution >= 0.6 is 0 Å². The predicted molar refractivity (Wildman–Crippen MR) is 116 cm³/mol. The summed E-state index contributed by atoms with van der Waals surface area (Å²) in [4.78, 5) is 27.7. The number of nitrogens with zero attached hydrogens (tertiary/aromatic N) is 3. The van der Waals surface area contributed by atoms with Gasteiger partial charge in [0.1, 0.15) is 5.75 Å². The third kappa shape index (κ3) is 5.27. The minimum absolute atomic E-state index is 0.0302. The molecule has 160 valence electrons. The van der Waals surface area contributed by atoms with Crippen LogP contribution in [0.2, 0.25) is 0 Å². The highest BCUT2D eigenvalue weighted by Crippen LogP contribution is 2.21. The molecule has 0 spiro atoms. The lowest BCUT2D eigenvalue weighted by Crippen LogP contribution is -2.47. The van der Waals surface area contributed by atoms with Gasteiger partial charge in [0.05, 0.1) is 12.0 Å². The van der Waals surface area contributed by atoms with Crippen molar-refractivity contribution >= 4 is 17.3 Å². The second kappa shape index (κ2) is 10.1. The molecule has 0 saturated carbocycles. The molecule has 0 unspecified atom stereocenters. The van der Waals surface area contributed by atoms with Crippen molar-refractivity contribution in [2.24, 2.45) is 0 Å². The number of hydrogen-bond acceptors (Lipinski definition) is 6. The zero-order valence-corrected chi connectivity index (χ0v) is 17.5. The summed E-state index contributed by atoms with van der Waals surface area (Å²) in [5, 5.41) is 13.9. The van der Waals surface area contributed by atoms with E-state index in [1.54, 1.807) is 26.2 Å². The van der Waals surface area contributed by atoms with E-state index in [9.17, 15) is 14.9 Å². The molecule has 8 nitrogen and oxygen atoms in total. The number of carbonyl (C=O) groups is 1. The van der Waals surface area contributed by atoms with Gasteiger partial charge >= 0.3 is 0 Å². The van der Waals surface area contributed by atoms with Gasteiger partial charge in [-0.05, 0) is 50.2 Å². The fourth-order valence-corrected chi connectivity index (χ4v) is 3.69. The number of ether oxygens (including phenoxy) is 1. The molecule has 1 fully saturated rings. The van der Waals surface area contributed by atoms with Gasteiger partial charge < -0.3 is 15.0 Å². The number of anilines is 1. The van der Waals surface area contributed by atoms with E-state index in [1.165, 1.54) is 11.8 Å². The summed E-state index contributed by atoms with van der Waals surface area (Å²) < 4.78 is 5.21. The molecule has 0 radical (unpaired) electrons. The lowest BCUT2D eigenvalue weighted by atomic mass is 10.1. The van der Waals surface area contributed by atoms with Crippen LogP contribution in [0.15, 0.2) is 42.5 Å². The number of carbonyl (C=O) groups excluding carboxylic acids is 1. The Kier molecular flexibility index (Phi) is 7.24. The summed E-state index contributed by atoms with van der Waals surface area (Å²) in [7, 11) is 1.67. The van der Waals surface area contributed by atoms with Crippen LogP contribution in [0.4, 0.5) is 11.4 Å². The lowest BCUT2D eigenvalue weighted by molar-refractivity contribution is -0.385. The SMILES string of the molecule is COc1ccc(N2CCN(CCCNC(=O)c3cccc([N+](=O)[O-])c3C)CC2)cc1. The number of amides is 1. The van der Waals surface area contributed by atoms with Crippen molar-refractivity contribution in [1.29, 1.82) is 0 Å². The largest absolute Gasteiger partial charge is 0.497 e. The monoisotopic (exact) mass is 412 g/mol. The van der Waals surface area contributed by atoms with Crippen LogP contribution in [-0.2, 0) is 0 Å². The van der Waals surface area contributed by atoms with Crippen molar-refractivity contribution in [3.8, 4) is 5.75 Å². The molecule has 1 heterocycles. The third-order valence-electron chi connectivity index (χ3n) is 5.49. The quantitative estimate of drug-likeness (QED) is 0.408. The molecule has 2 aromatic carbocycles. The Morgan fingerprint density at radius 2 is 1.83 bits per heavy atom. The molecule has 0 bridgehead atoms. The maximum absolute atomic E-state index is 12.4. The number of rotatable bonds is 8. The van der Waals surface area contributed by atoms with Gasteiger partial charge in [-0.25, -0.2) is 0 Å². The number of nitrogens with one attached hydrogen (secondary N) is 1. The predicted octanol–water partition coefficient (Wildman–Crippen LogP) is 2.85. The molecule has 8 heteroatoms. The number of methoxy groups -OCH3 is 1. The highest BCUT2D eigenvalue weighted by molar-refractivity contribution is 5.96. The molecule has 1 aliphatic heterocycles. The first-order valence-corrected chi connectivity index (χ1v) is 10.1. The highest BCUT2D eigenvalue weighted by atomic mass is 16.6. The van der Waals surface area contributed by atoms with Gasteiger partial charge in [-0.15, -0.1) is 0 Å². The molecule has 0 aliphatic carbocycles. The van der Waals surface area contributed by atoms with E-state index in [-0.39, 0.29) is 11.6 Å². The fourth-order valence-electron chi connectivity index (χ4n) is 3.69.